The van der Waals surface area contributed by atoms with Crippen molar-refractivity contribution in [2.75, 3.05) is 0 Å². The molecule has 3 nitrogen and oxygen atoms in total. The van der Waals surface area contributed by atoms with Crippen LogP contribution in [0.25, 0.3) is 0 Å². The first kappa shape index (κ1) is 13.8. The fourth-order valence-electron chi connectivity index (χ4n) is 3.03. The van der Waals surface area contributed by atoms with Crippen molar-refractivity contribution in [1.29, 1.82) is 0 Å². The molecule has 0 bridgehead atoms. The minimum absolute atomic E-state index is 0.347. The third kappa shape index (κ3) is 2.67. The van der Waals surface area contributed by atoms with Gasteiger partial charge < -0.3 is 5.32 Å². The third-order valence-electron chi connectivity index (χ3n) is 4.20. The number of halogens is 1. The minimum atomic E-state index is 0.347. The molecule has 2 aromatic rings. The molecule has 0 radical (unpaired) electrons. The predicted molar refractivity (Wildman–Crippen MR) is 84.6 cm³/mol. The van der Waals surface area contributed by atoms with Gasteiger partial charge in [0.05, 0.1) is 6.20 Å². The Bertz CT molecular complexity index is 588. The molecule has 1 heterocycles. The first-order chi connectivity index (χ1) is 9.65. The van der Waals surface area contributed by atoms with Gasteiger partial charge in [-0.1, -0.05) is 28.1 Å². The summed E-state index contributed by atoms with van der Waals surface area (Å²) in [7, 11) is 2.04. The molecule has 3 rings (SSSR count). The molecular weight excluding hydrogens is 314 g/mol. The van der Waals surface area contributed by atoms with Gasteiger partial charge in [-0.3, -0.25) is 4.68 Å². The van der Waals surface area contributed by atoms with E-state index in [9.17, 15) is 0 Å². The molecule has 1 aliphatic rings. The Hall–Kier alpha value is -1.13. The number of benzene rings is 1. The molecule has 1 aliphatic carbocycles. The van der Waals surface area contributed by atoms with Crippen molar-refractivity contribution in [2.45, 2.75) is 38.3 Å². The summed E-state index contributed by atoms with van der Waals surface area (Å²) in [5.41, 5.74) is 4.09. The van der Waals surface area contributed by atoms with Gasteiger partial charge in [0, 0.05) is 34.9 Å². The summed E-state index contributed by atoms with van der Waals surface area (Å²) >= 11 is 3.49. The Kier molecular flexibility index (Phi) is 3.94. The van der Waals surface area contributed by atoms with Crippen molar-refractivity contribution in [3.8, 4) is 0 Å². The first-order valence-corrected chi connectivity index (χ1v) is 7.96. The van der Waals surface area contributed by atoms with E-state index in [2.05, 4.69) is 57.5 Å². The fraction of sp³-hybridized carbons (Fsp3) is 0.438. The zero-order valence-electron chi connectivity index (χ0n) is 11.9. The molecule has 0 spiro atoms. The Labute approximate surface area is 128 Å². The molecular formula is C16H20BrN3. The van der Waals surface area contributed by atoms with E-state index in [0.717, 1.165) is 10.9 Å². The van der Waals surface area contributed by atoms with E-state index in [1.165, 1.54) is 29.7 Å². The van der Waals surface area contributed by atoms with Gasteiger partial charge in [-0.05, 0) is 43.9 Å². The number of fused-ring (bicyclic) bond motifs is 1. The number of nitrogens with zero attached hydrogens (tertiary/aromatic N) is 2. The average molecular weight is 334 g/mol. The number of hydrogen-bond donors (Lipinski definition) is 1. The molecule has 0 aliphatic heterocycles. The summed E-state index contributed by atoms with van der Waals surface area (Å²) in [5, 5.41) is 8.17. The quantitative estimate of drug-likeness (QED) is 0.922. The molecule has 1 N–H and O–H groups in total. The lowest BCUT2D eigenvalue weighted by atomic mass is 9.92. The van der Waals surface area contributed by atoms with Crippen LogP contribution in [0.5, 0.6) is 0 Å². The highest BCUT2D eigenvalue weighted by Crippen LogP contribution is 2.31. The maximum Gasteiger partial charge on any atom is 0.0540 e. The molecule has 0 amide bonds. The molecule has 1 unspecified atom stereocenters. The normalized spacial score (nSPS) is 19.6. The zero-order valence-corrected chi connectivity index (χ0v) is 13.5. The van der Waals surface area contributed by atoms with Crippen molar-refractivity contribution in [2.24, 2.45) is 7.05 Å². The summed E-state index contributed by atoms with van der Waals surface area (Å²) in [4.78, 5) is 0. The molecule has 2 atom stereocenters. The molecule has 20 heavy (non-hydrogen) atoms. The maximum absolute atomic E-state index is 4.41. The van der Waals surface area contributed by atoms with Crippen LogP contribution < -0.4 is 5.32 Å². The number of hydrogen-bond acceptors (Lipinski definition) is 2. The van der Waals surface area contributed by atoms with E-state index < -0.39 is 0 Å². The van der Waals surface area contributed by atoms with Crippen molar-refractivity contribution < 1.29 is 0 Å². The lowest BCUT2D eigenvalue weighted by Crippen LogP contribution is -2.27. The Morgan fingerprint density at radius 1 is 1.35 bits per heavy atom. The number of rotatable bonds is 3. The van der Waals surface area contributed by atoms with Gasteiger partial charge in [0.2, 0.25) is 0 Å². The minimum Gasteiger partial charge on any atom is -0.303 e. The second-order valence-corrected chi connectivity index (χ2v) is 6.47. The van der Waals surface area contributed by atoms with Crippen molar-refractivity contribution in [3.63, 3.8) is 0 Å². The summed E-state index contributed by atoms with van der Waals surface area (Å²) < 4.78 is 3.15. The summed E-state index contributed by atoms with van der Waals surface area (Å²) in [6.45, 7) is 2.23. The first-order valence-electron chi connectivity index (χ1n) is 7.17. The van der Waals surface area contributed by atoms with Gasteiger partial charge in [-0.15, -0.1) is 0 Å². The van der Waals surface area contributed by atoms with Crippen LogP contribution in [0.3, 0.4) is 0 Å². The van der Waals surface area contributed by atoms with E-state index in [0.29, 0.717) is 12.1 Å². The summed E-state index contributed by atoms with van der Waals surface area (Å²) in [6.07, 6.45) is 5.61. The second-order valence-electron chi connectivity index (χ2n) is 5.55. The van der Waals surface area contributed by atoms with Crippen molar-refractivity contribution in [3.05, 3.63) is 51.8 Å². The van der Waals surface area contributed by atoms with Gasteiger partial charge in [0.15, 0.2) is 0 Å². The van der Waals surface area contributed by atoms with Gasteiger partial charge in [0.1, 0.15) is 0 Å². The molecule has 106 valence electrons. The predicted octanol–water partition coefficient (Wildman–Crippen LogP) is 3.91. The Morgan fingerprint density at radius 3 is 2.85 bits per heavy atom. The SMILES string of the molecule is C[C@@H](NC1CCCc2c1cnn2C)c1ccc(Br)cc1. The van der Waals surface area contributed by atoms with Crippen molar-refractivity contribution >= 4 is 15.9 Å². The van der Waals surface area contributed by atoms with Crippen molar-refractivity contribution in [1.82, 2.24) is 15.1 Å². The maximum atomic E-state index is 4.41. The van der Waals surface area contributed by atoms with E-state index in [1.807, 2.05) is 17.9 Å². The van der Waals surface area contributed by atoms with Crippen LogP contribution in [0.1, 0.15) is 48.7 Å². The number of aryl methyl sites for hydroxylation is 1. The van der Waals surface area contributed by atoms with Crippen LogP contribution in [-0.2, 0) is 13.5 Å². The molecule has 1 aromatic carbocycles. The fourth-order valence-corrected chi connectivity index (χ4v) is 3.29. The average Bonchev–Trinajstić information content (AvgIpc) is 2.82. The van der Waals surface area contributed by atoms with Crippen LogP contribution in [-0.4, -0.2) is 9.78 Å². The van der Waals surface area contributed by atoms with E-state index >= 15 is 0 Å². The van der Waals surface area contributed by atoms with Crippen LogP contribution >= 0.6 is 15.9 Å². The van der Waals surface area contributed by atoms with Crippen LogP contribution in [0.15, 0.2) is 34.9 Å². The summed E-state index contributed by atoms with van der Waals surface area (Å²) in [5.74, 6) is 0. The van der Waals surface area contributed by atoms with Gasteiger partial charge in [-0.2, -0.15) is 5.10 Å². The molecule has 4 heteroatoms. The molecule has 0 saturated carbocycles. The monoisotopic (exact) mass is 333 g/mol. The van der Waals surface area contributed by atoms with Gasteiger partial charge in [0.25, 0.3) is 0 Å². The van der Waals surface area contributed by atoms with Crippen LogP contribution in [0.4, 0.5) is 0 Å². The standard InChI is InChI=1S/C16H20BrN3/c1-11(12-6-8-13(17)9-7-12)19-15-4-3-5-16-14(15)10-18-20(16)2/h6-11,15,19H,3-5H2,1-2H3/t11-,15?/m1/s1. The highest BCUT2D eigenvalue weighted by atomic mass is 79.9. The van der Waals surface area contributed by atoms with E-state index in [1.54, 1.807) is 0 Å². The lowest BCUT2D eigenvalue weighted by molar-refractivity contribution is 0.411. The topological polar surface area (TPSA) is 29.9 Å². The van der Waals surface area contributed by atoms with Crippen LogP contribution in [0.2, 0.25) is 0 Å². The highest BCUT2D eigenvalue weighted by Gasteiger charge is 2.24. The second kappa shape index (κ2) is 5.70. The molecule has 0 saturated heterocycles. The molecule has 1 aromatic heterocycles. The Balaban J connectivity index is 1.77. The highest BCUT2D eigenvalue weighted by molar-refractivity contribution is 9.10. The van der Waals surface area contributed by atoms with Crippen LogP contribution in [0, 0.1) is 0 Å². The van der Waals surface area contributed by atoms with E-state index in [-0.39, 0.29) is 0 Å². The van der Waals surface area contributed by atoms with Gasteiger partial charge in [-0.25, -0.2) is 0 Å². The van der Waals surface area contributed by atoms with E-state index in [4.69, 9.17) is 0 Å². The largest absolute Gasteiger partial charge is 0.303 e. The summed E-state index contributed by atoms with van der Waals surface area (Å²) in [6, 6.07) is 9.32. The smallest absolute Gasteiger partial charge is 0.0540 e. The molecule has 0 fully saturated rings. The number of aromatic nitrogens is 2. The zero-order chi connectivity index (χ0) is 14.1. The number of nitrogens with one attached hydrogen (secondary N) is 1. The van der Waals surface area contributed by atoms with Gasteiger partial charge >= 0.3 is 0 Å². The third-order valence-corrected chi connectivity index (χ3v) is 4.73. The Morgan fingerprint density at radius 2 is 2.10 bits per heavy atom. The lowest BCUT2D eigenvalue weighted by Gasteiger charge is -2.27.